The summed E-state index contributed by atoms with van der Waals surface area (Å²) < 4.78 is 0. The van der Waals surface area contributed by atoms with Gasteiger partial charge in [0.15, 0.2) is 0 Å². The molecular formula is C12H18Al. The minimum absolute atomic E-state index is 0.705. The first-order valence-electron chi connectivity index (χ1n) is 5.32. The van der Waals surface area contributed by atoms with Crippen molar-refractivity contribution in [3.8, 4) is 0 Å². The number of benzene rings is 1. The maximum Gasteiger partial charge on any atom is 0.214 e. The molecule has 1 heterocycles. The molecule has 0 atom stereocenters. The molecule has 0 aliphatic carbocycles. The molecule has 1 aromatic rings. The predicted octanol–water partition coefficient (Wildman–Crippen LogP) is 2.99. The van der Waals surface area contributed by atoms with Gasteiger partial charge < -0.3 is 0 Å². The third-order valence-corrected chi connectivity index (χ3v) is 3.86. The molecule has 1 heteroatoms. The predicted molar refractivity (Wildman–Crippen MR) is 60.3 cm³/mol. The van der Waals surface area contributed by atoms with E-state index in [1.165, 1.54) is 22.5 Å². The van der Waals surface area contributed by atoms with Crippen LogP contribution in [0, 0.1) is 0 Å². The van der Waals surface area contributed by atoms with Crippen LogP contribution in [0.15, 0.2) is 18.2 Å². The summed E-state index contributed by atoms with van der Waals surface area (Å²) >= 11 is 0.705. The average Bonchev–Trinajstić information content (AvgIpc) is 2.67. The van der Waals surface area contributed by atoms with Crippen LogP contribution < -0.4 is 0 Å². The average molecular weight is 189 g/mol. The fourth-order valence-corrected chi connectivity index (χ4v) is 3.22. The van der Waals surface area contributed by atoms with Crippen LogP contribution in [0.2, 0.25) is 0 Å². The van der Waals surface area contributed by atoms with Crippen LogP contribution in [0.3, 0.4) is 0 Å². The molecule has 1 aromatic carbocycles. The lowest BCUT2D eigenvalue weighted by Gasteiger charge is -2.01. The van der Waals surface area contributed by atoms with Gasteiger partial charge >= 0.3 is 0 Å². The third kappa shape index (κ3) is 2.60. The molecule has 0 fully saturated rings. The topological polar surface area (TPSA) is 0 Å². The van der Waals surface area contributed by atoms with Crippen LogP contribution in [-0.4, -0.2) is 15.2 Å². The SMILES string of the molecule is CC.CCc1ccc2c(c1)[CH2][Al][CH2]2. The number of aryl methyl sites for hydroxylation is 1. The van der Waals surface area contributed by atoms with Gasteiger partial charge in [0.05, 0.1) is 0 Å². The van der Waals surface area contributed by atoms with E-state index in [1.807, 2.05) is 13.8 Å². The Hall–Kier alpha value is -0.248. The summed E-state index contributed by atoms with van der Waals surface area (Å²) in [6.07, 6.45) is 1.18. The summed E-state index contributed by atoms with van der Waals surface area (Å²) in [6, 6.07) is 7.01. The van der Waals surface area contributed by atoms with Gasteiger partial charge in [-0.15, -0.1) is 0 Å². The van der Waals surface area contributed by atoms with E-state index in [0.29, 0.717) is 15.2 Å². The third-order valence-electron chi connectivity index (χ3n) is 2.41. The molecule has 1 aliphatic heterocycles. The molecule has 0 saturated heterocycles. The number of hydrogen-bond donors (Lipinski definition) is 0. The van der Waals surface area contributed by atoms with E-state index in [2.05, 4.69) is 25.1 Å². The van der Waals surface area contributed by atoms with Crippen LogP contribution in [0.25, 0.3) is 0 Å². The van der Waals surface area contributed by atoms with Gasteiger partial charge in [0, 0.05) is 0 Å². The maximum atomic E-state index is 2.40. The van der Waals surface area contributed by atoms with Gasteiger partial charge in [-0.3, -0.25) is 0 Å². The molecule has 0 nitrogen and oxygen atoms in total. The Bertz CT molecular complexity index is 266. The van der Waals surface area contributed by atoms with Crippen molar-refractivity contribution in [1.29, 1.82) is 0 Å². The van der Waals surface area contributed by atoms with Crippen molar-refractivity contribution in [2.45, 2.75) is 37.8 Å². The molecule has 0 N–H and O–H groups in total. The summed E-state index contributed by atoms with van der Waals surface area (Å²) in [4.78, 5) is 0. The number of fused-ring (bicyclic) bond motifs is 1. The quantitative estimate of drug-likeness (QED) is 0.596. The Balaban J connectivity index is 0.000000396. The Labute approximate surface area is 88.1 Å². The molecule has 13 heavy (non-hydrogen) atoms. The lowest BCUT2D eigenvalue weighted by atomic mass is 10.1. The zero-order chi connectivity index (χ0) is 9.68. The zero-order valence-corrected chi connectivity index (χ0v) is 10.1. The van der Waals surface area contributed by atoms with E-state index >= 15 is 0 Å². The summed E-state index contributed by atoms with van der Waals surface area (Å²) in [5.74, 6) is 0. The first kappa shape index (κ1) is 10.8. The lowest BCUT2D eigenvalue weighted by molar-refractivity contribution is 1.12. The van der Waals surface area contributed by atoms with Gasteiger partial charge in [0.2, 0.25) is 15.2 Å². The minimum atomic E-state index is 0.705. The van der Waals surface area contributed by atoms with Gasteiger partial charge in [-0.25, -0.2) is 0 Å². The lowest BCUT2D eigenvalue weighted by Crippen LogP contribution is -1.85. The zero-order valence-electron chi connectivity index (χ0n) is 8.93. The van der Waals surface area contributed by atoms with Crippen molar-refractivity contribution in [1.82, 2.24) is 0 Å². The van der Waals surface area contributed by atoms with Crippen molar-refractivity contribution >= 4 is 15.2 Å². The van der Waals surface area contributed by atoms with E-state index in [-0.39, 0.29) is 0 Å². The highest BCUT2D eigenvalue weighted by molar-refractivity contribution is 6.36. The monoisotopic (exact) mass is 189 g/mol. The molecule has 0 bridgehead atoms. The van der Waals surface area contributed by atoms with E-state index in [1.54, 1.807) is 11.1 Å². The molecule has 0 aromatic heterocycles. The Morgan fingerprint density at radius 1 is 1.15 bits per heavy atom. The van der Waals surface area contributed by atoms with E-state index in [4.69, 9.17) is 0 Å². The fourth-order valence-electron chi connectivity index (χ4n) is 1.67. The van der Waals surface area contributed by atoms with Gasteiger partial charge in [-0.1, -0.05) is 60.7 Å². The number of hydrogen-bond acceptors (Lipinski definition) is 0. The van der Waals surface area contributed by atoms with Gasteiger partial charge in [0.1, 0.15) is 0 Å². The summed E-state index contributed by atoms with van der Waals surface area (Å²) in [5, 5.41) is 2.78. The van der Waals surface area contributed by atoms with E-state index < -0.39 is 0 Å². The molecule has 0 unspecified atom stereocenters. The summed E-state index contributed by atoms with van der Waals surface area (Å²) in [5.41, 5.74) is 4.77. The highest BCUT2D eigenvalue weighted by atomic mass is 27.1. The standard InChI is InChI=1S/C10H12.C2H6.Al/c1-4-10-6-5-8(2)9(3)7-10;1-2;/h5-7H,2-4H2,1H3;1-2H3;. The maximum absolute atomic E-state index is 2.40. The Kier molecular flexibility index (Phi) is 4.56. The van der Waals surface area contributed by atoms with Gasteiger partial charge in [0.25, 0.3) is 0 Å². The van der Waals surface area contributed by atoms with Gasteiger partial charge in [-0.2, -0.15) is 0 Å². The molecular weight excluding hydrogens is 171 g/mol. The first-order valence-corrected chi connectivity index (χ1v) is 6.96. The highest BCUT2D eigenvalue weighted by Crippen LogP contribution is 2.18. The van der Waals surface area contributed by atoms with Crippen LogP contribution in [0.4, 0.5) is 0 Å². The largest absolute Gasteiger partial charge is 0.214 e. The van der Waals surface area contributed by atoms with Crippen molar-refractivity contribution in [2.75, 3.05) is 0 Å². The second-order valence-corrected chi connectivity index (χ2v) is 4.55. The molecule has 0 amide bonds. The normalized spacial score (nSPS) is 12.5. The van der Waals surface area contributed by atoms with Crippen LogP contribution >= 0.6 is 0 Å². The second-order valence-electron chi connectivity index (χ2n) is 3.15. The molecule has 1 aliphatic rings. The van der Waals surface area contributed by atoms with E-state index in [9.17, 15) is 0 Å². The second kappa shape index (κ2) is 5.48. The molecule has 1 radical (unpaired) electrons. The number of rotatable bonds is 1. The van der Waals surface area contributed by atoms with Crippen molar-refractivity contribution in [3.05, 3.63) is 34.9 Å². The van der Waals surface area contributed by atoms with Gasteiger partial charge in [-0.05, 0) is 12.0 Å². The summed E-state index contributed by atoms with van der Waals surface area (Å²) in [7, 11) is 0. The molecule has 2 rings (SSSR count). The smallest absolute Gasteiger partial charge is 0.0799 e. The first-order chi connectivity index (χ1) is 6.40. The van der Waals surface area contributed by atoms with Crippen LogP contribution in [0.1, 0.15) is 37.5 Å². The van der Waals surface area contributed by atoms with E-state index in [0.717, 1.165) is 0 Å². The molecule has 0 spiro atoms. The van der Waals surface area contributed by atoms with Crippen LogP contribution in [-0.2, 0) is 17.0 Å². The summed E-state index contributed by atoms with van der Waals surface area (Å²) in [6.45, 7) is 6.23. The van der Waals surface area contributed by atoms with Crippen LogP contribution in [0.5, 0.6) is 0 Å². The molecule has 69 valence electrons. The van der Waals surface area contributed by atoms with Crippen molar-refractivity contribution in [3.63, 3.8) is 0 Å². The van der Waals surface area contributed by atoms with Crippen molar-refractivity contribution in [2.24, 2.45) is 0 Å². The Morgan fingerprint density at radius 2 is 1.85 bits per heavy atom. The molecule has 0 saturated carbocycles. The minimum Gasteiger partial charge on any atom is -0.0799 e. The van der Waals surface area contributed by atoms with Crippen molar-refractivity contribution < 1.29 is 0 Å². The Morgan fingerprint density at radius 3 is 2.54 bits per heavy atom. The highest BCUT2D eigenvalue weighted by Gasteiger charge is 2.11. The fraction of sp³-hybridized carbons (Fsp3) is 0.500.